The minimum Gasteiger partial charge on any atom is -0.405 e. The van der Waals surface area contributed by atoms with Crippen LogP contribution < -0.4 is 5.73 Å². The third-order valence-electron chi connectivity index (χ3n) is 5.68. The Balaban J connectivity index is -0.000000449. The fourth-order valence-electron chi connectivity index (χ4n) is 3.53. The van der Waals surface area contributed by atoms with Crippen LogP contribution in [-0.2, 0) is 0 Å². The molecule has 1 saturated carbocycles. The second-order valence-corrected chi connectivity index (χ2v) is 8.82. The number of benzene rings is 2. The van der Waals surface area contributed by atoms with E-state index in [1.54, 1.807) is 5.56 Å². The SMILES string of the molecule is C=CN.CC.CC.CC(C)c1ccc(C2CCCCC2)cc1.CCCC.Cc1ccc(C#N)c(C)c1. The molecule has 0 aliphatic heterocycles. The summed E-state index contributed by atoms with van der Waals surface area (Å²) in [6.45, 7) is 24.0. The zero-order valence-electron chi connectivity index (χ0n) is 25.5. The molecule has 0 aromatic heterocycles. The monoisotopic (exact) mass is 494 g/mol. The van der Waals surface area contributed by atoms with Crippen molar-refractivity contribution in [2.75, 3.05) is 0 Å². The molecule has 0 amide bonds. The predicted molar refractivity (Wildman–Crippen MR) is 165 cm³/mol. The average Bonchev–Trinajstić information content (AvgIpc) is 2.92. The summed E-state index contributed by atoms with van der Waals surface area (Å²) in [6, 6.07) is 17.3. The van der Waals surface area contributed by atoms with Crippen LogP contribution in [0.3, 0.4) is 0 Å². The summed E-state index contributed by atoms with van der Waals surface area (Å²) in [5.41, 5.74) is 10.7. The number of hydrogen-bond acceptors (Lipinski definition) is 2. The Morgan fingerprint density at radius 2 is 1.39 bits per heavy atom. The average molecular weight is 495 g/mol. The number of nitriles is 1. The van der Waals surface area contributed by atoms with Crippen LogP contribution in [-0.4, -0.2) is 0 Å². The topological polar surface area (TPSA) is 49.8 Å². The van der Waals surface area contributed by atoms with Crippen LogP contribution in [0.15, 0.2) is 55.2 Å². The Morgan fingerprint density at radius 3 is 1.75 bits per heavy atom. The van der Waals surface area contributed by atoms with Gasteiger partial charge < -0.3 is 5.73 Å². The molecule has 0 unspecified atom stereocenters. The fraction of sp³-hybridized carbons (Fsp3) is 0.559. The van der Waals surface area contributed by atoms with E-state index in [0.717, 1.165) is 17.0 Å². The molecule has 0 saturated heterocycles. The number of hydrogen-bond donors (Lipinski definition) is 1. The van der Waals surface area contributed by atoms with Gasteiger partial charge >= 0.3 is 0 Å². The van der Waals surface area contributed by atoms with Crippen molar-refractivity contribution < 1.29 is 0 Å². The largest absolute Gasteiger partial charge is 0.405 e. The van der Waals surface area contributed by atoms with E-state index in [4.69, 9.17) is 5.26 Å². The zero-order valence-corrected chi connectivity index (χ0v) is 25.5. The van der Waals surface area contributed by atoms with Crippen molar-refractivity contribution in [2.45, 2.75) is 126 Å². The quantitative estimate of drug-likeness (QED) is 0.461. The fourth-order valence-corrected chi connectivity index (χ4v) is 3.53. The molecule has 2 N–H and O–H groups in total. The molecule has 2 aromatic rings. The van der Waals surface area contributed by atoms with Gasteiger partial charge in [0.25, 0.3) is 0 Å². The summed E-state index contributed by atoms with van der Waals surface area (Å²) in [4.78, 5) is 0. The highest BCUT2D eigenvalue weighted by Gasteiger charge is 2.15. The first-order valence-electron chi connectivity index (χ1n) is 14.2. The molecule has 1 aliphatic rings. The van der Waals surface area contributed by atoms with Gasteiger partial charge in [-0.2, -0.15) is 5.26 Å². The zero-order chi connectivity index (χ0) is 28.4. The van der Waals surface area contributed by atoms with E-state index >= 15 is 0 Å². The Bertz CT molecular complexity index is 774. The summed E-state index contributed by atoms with van der Waals surface area (Å²) in [7, 11) is 0. The van der Waals surface area contributed by atoms with E-state index in [2.05, 4.69) is 70.3 Å². The third-order valence-corrected chi connectivity index (χ3v) is 5.68. The lowest BCUT2D eigenvalue weighted by molar-refractivity contribution is 0.443. The molecule has 2 aromatic carbocycles. The summed E-state index contributed by atoms with van der Waals surface area (Å²) in [5.74, 6) is 1.50. The van der Waals surface area contributed by atoms with Crippen molar-refractivity contribution in [3.05, 3.63) is 83.1 Å². The van der Waals surface area contributed by atoms with Gasteiger partial charge in [0, 0.05) is 0 Å². The maximum atomic E-state index is 8.56. The van der Waals surface area contributed by atoms with E-state index in [1.165, 1.54) is 62.3 Å². The van der Waals surface area contributed by atoms with Gasteiger partial charge in [-0.3, -0.25) is 0 Å². The van der Waals surface area contributed by atoms with Crippen LogP contribution in [0.25, 0.3) is 0 Å². The predicted octanol–water partition coefficient (Wildman–Crippen LogP) is 11.0. The minimum absolute atomic E-state index is 0.658. The van der Waals surface area contributed by atoms with Crippen molar-refractivity contribution in [2.24, 2.45) is 5.73 Å². The second-order valence-electron chi connectivity index (χ2n) is 8.82. The first kappa shape index (κ1) is 38.0. The molecule has 3 rings (SSSR count). The number of nitrogens with two attached hydrogens (primary N) is 1. The summed E-state index contributed by atoms with van der Waals surface area (Å²) < 4.78 is 0. The van der Waals surface area contributed by atoms with Gasteiger partial charge in [-0.05, 0) is 67.5 Å². The molecule has 204 valence electrons. The number of nitrogens with zero attached hydrogens (tertiary/aromatic N) is 1. The van der Waals surface area contributed by atoms with E-state index in [1.807, 2.05) is 59.7 Å². The maximum absolute atomic E-state index is 8.56. The molecule has 0 radical (unpaired) electrons. The number of aryl methyl sites for hydroxylation is 2. The van der Waals surface area contributed by atoms with Gasteiger partial charge in [-0.25, -0.2) is 0 Å². The van der Waals surface area contributed by atoms with Crippen molar-refractivity contribution in [3.8, 4) is 6.07 Å². The Hall–Kier alpha value is -2.53. The molecule has 1 fully saturated rings. The van der Waals surface area contributed by atoms with E-state index in [9.17, 15) is 0 Å². The van der Waals surface area contributed by atoms with Gasteiger partial charge in [0.05, 0.1) is 11.6 Å². The Labute approximate surface area is 226 Å². The van der Waals surface area contributed by atoms with Crippen molar-refractivity contribution >= 4 is 0 Å². The lowest BCUT2D eigenvalue weighted by atomic mass is 9.83. The molecule has 36 heavy (non-hydrogen) atoms. The van der Waals surface area contributed by atoms with Gasteiger partial charge in [0.2, 0.25) is 0 Å². The van der Waals surface area contributed by atoms with E-state index < -0.39 is 0 Å². The van der Waals surface area contributed by atoms with Crippen LogP contribution in [0.4, 0.5) is 0 Å². The third kappa shape index (κ3) is 18.8. The number of rotatable bonds is 3. The molecule has 0 atom stereocenters. The smallest absolute Gasteiger partial charge is 0.0994 e. The van der Waals surface area contributed by atoms with Gasteiger partial charge in [-0.15, -0.1) is 0 Å². The molecule has 0 bridgehead atoms. The van der Waals surface area contributed by atoms with Crippen LogP contribution in [0.1, 0.15) is 140 Å². The number of unbranched alkanes of at least 4 members (excludes halogenated alkanes) is 1. The van der Waals surface area contributed by atoms with Crippen LogP contribution in [0, 0.1) is 25.2 Å². The van der Waals surface area contributed by atoms with Gasteiger partial charge in [-0.1, -0.05) is 136 Å². The molecule has 2 heteroatoms. The standard InChI is InChI=1S/C15H22.C9H9N.C4H10.C2H5N.2C2H6/c1-12(2)13-8-10-15(11-9-13)14-6-4-3-5-7-14;1-7-3-4-9(6-10)8(2)5-7;1-3-4-2;1-2-3;2*1-2/h8-12,14H,3-7H2,1-2H3;3-5H,1-2H3;3-4H2,1-2H3;2H,1,3H2;2*1-2H3. The van der Waals surface area contributed by atoms with Crippen LogP contribution in [0.2, 0.25) is 0 Å². The summed E-state index contributed by atoms with van der Waals surface area (Å²) >= 11 is 0. The van der Waals surface area contributed by atoms with E-state index in [-0.39, 0.29) is 0 Å². The maximum Gasteiger partial charge on any atom is 0.0994 e. The van der Waals surface area contributed by atoms with Crippen molar-refractivity contribution in [3.63, 3.8) is 0 Å². The molecular formula is C34H58N2. The van der Waals surface area contributed by atoms with Gasteiger partial charge in [0.15, 0.2) is 0 Å². The molecular weight excluding hydrogens is 436 g/mol. The Morgan fingerprint density at radius 1 is 0.917 bits per heavy atom. The first-order chi connectivity index (χ1) is 17.3. The highest BCUT2D eigenvalue weighted by atomic mass is 14.5. The first-order valence-corrected chi connectivity index (χ1v) is 14.2. The molecule has 0 heterocycles. The van der Waals surface area contributed by atoms with Crippen molar-refractivity contribution in [1.82, 2.24) is 0 Å². The highest BCUT2D eigenvalue weighted by Crippen LogP contribution is 2.33. The highest BCUT2D eigenvalue weighted by molar-refractivity contribution is 5.38. The Kier molecular flexibility index (Phi) is 28.6. The summed E-state index contributed by atoms with van der Waals surface area (Å²) in [6.07, 6.45) is 11.0. The van der Waals surface area contributed by atoms with Gasteiger partial charge in [0.1, 0.15) is 0 Å². The van der Waals surface area contributed by atoms with Crippen LogP contribution in [0.5, 0.6) is 0 Å². The van der Waals surface area contributed by atoms with Crippen molar-refractivity contribution in [1.29, 1.82) is 5.26 Å². The second kappa shape index (κ2) is 27.1. The van der Waals surface area contributed by atoms with E-state index in [0.29, 0.717) is 5.92 Å². The molecule has 1 aliphatic carbocycles. The minimum atomic E-state index is 0.658. The molecule has 0 spiro atoms. The lowest BCUT2D eigenvalue weighted by Gasteiger charge is -2.22. The van der Waals surface area contributed by atoms with Crippen LogP contribution >= 0.6 is 0 Å². The molecule has 2 nitrogen and oxygen atoms in total. The normalized spacial score (nSPS) is 11.6. The summed E-state index contributed by atoms with van der Waals surface area (Å²) in [5, 5.41) is 8.56. The lowest BCUT2D eigenvalue weighted by Crippen LogP contribution is -2.04.